The lowest BCUT2D eigenvalue weighted by Gasteiger charge is -2.03. The summed E-state index contributed by atoms with van der Waals surface area (Å²) in [4.78, 5) is 19.2. The fourth-order valence-electron chi connectivity index (χ4n) is 1.08. The highest BCUT2D eigenvalue weighted by atomic mass is 35.5. The summed E-state index contributed by atoms with van der Waals surface area (Å²) in [6.45, 7) is 0.188. The highest BCUT2D eigenvalue weighted by molar-refractivity contribution is 6.33. The van der Waals surface area contributed by atoms with Crippen molar-refractivity contribution in [1.29, 1.82) is 0 Å². The van der Waals surface area contributed by atoms with E-state index in [9.17, 15) is 4.79 Å². The minimum absolute atomic E-state index is 0.188. The van der Waals surface area contributed by atoms with Crippen molar-refractivity contribution >= 4 is 17.5 Å². The number of rotatable bonds is 3. The Bertz CT molecular complexity index is 486. The van der Waals surface area contributed by atoms with Crippen LogP contribution in [0.15, 0.2) is 29.4 Å². The lowest BCUT2D eigenvalue weighted by molar-refractivity contribution is 0.0949. The van der Waals surface area contributed by atoms with Crippen LogP contribution in [0.2, 0.25) is 5.02 Å². The van der Waals surface area contributed by atoms with Crippen molar-refractivity contribution in [2.45, 2.75) is 6.54 Å². The van der Waals surface area contributed by atoms with E-state index in [1.165, 1.54) is 24.9 Å². The number of amides is 1. The molecule has 0 unspecified atom stereocenters. The van der Waals surface area contributed by atoms with Crippen LogP contribution in [-0.2, 0) is 6.54 Å². The van der Waals surface area contributed by atoms with Gasteiger partial charge in [0.05, 0.1) is 17.1 Å². The molecule has 0 aliphatic heterocycles. The van der Waals surface area contributed by atoms with Gasteiger partial charge in [0, 0.05) is 12.4 Å². The summed E-state index contributed by atoms with van der Waals surface area (Å²) in [6, 6.07) is 1.54. The first-order valence-electron chi connectivity index (χ1n) is 4.40. The van der Waals surface area contributed by atoms with Crippen molar-refractivity contribution in [1.82, 2.24) is 20.4 Å². The van der Waals surface area contributed by atoms with Crippen LogP contribution in [0.5, 0.6) is 0 Å². The van der Waals surface area contributed by atoms with Crippen LogP contribution in [0.4, 0.5) is 0 Å². The first-order valence-corrected chi connectivity index (χ1v) is 4.78. The first kappa shape index (κ1) is 10.6. The Kier molecular flexibility index (Phi) is 3.11. The number of halogens is 1. The molecule has 0 saturated heterocycles. The Balaban J connectivity index is 2.01. The second-order valence-electron chi connectivity index (χ2n) is 2.89. The number of carbonyl (C=O) groups excluding carboxylic acids is 1. The van der Waals surface area contributed by atoms with Crippen LogP contribution in [0.3, 0.4) is 0 Å². The molecular formula is C9H7ClN4O2. The average Bonchev–Trinajstić information content (AvgIpc) is 2.79. The van der Waals surface area contributed by atoms with Gasteiger partial charge in [-0.15, -0.1) is 0 Å². The Labute approximate surface area is 95.6 Å². The largest absolute Gasteiger partial charge is 0.345 e. The van der Waals surface area contributed by atoms with Gasteiger partial charge in [0.15, 0.2) is 5.82 Å². The molecule has 0 saturated carbocycles. The van der Waals surface area contributed by atoms with Gasteiger partial charge in [0.2, 0.25) is 6.39 Å². The zero-order valence-corrected chi connectivity index (χ0v) is 8.81. The van der Waals surface area contributed by atoms with Gasteiger partial charge >= 0.3 is 0 Å². The van der Waals surface area contributed by atoms with E-state index in [1.54, 1.807) is 0 Å². The summed E-state index contributed by atoms with van der Waals surface area (Å²) >= 11 is 5.81. The fourth-order valence-corrected chi connectivity index (χ4v) is 1.29. The van der Waals surface area contributed by atoms with Gasteiger partial charge in [0.25, 0.3) is 5.91 Å². The van der Waals surface area contributed by atoms with Crippen LogP contribution >= 0.6 is 11.6 Å². The maximum absolute atomic E-state index is 11.7. The maximum Gasteiger partial charge on any atom is 0.253 e. The number of pyridine rings is 1. The van der Waals surface area contributed by atoms with Gasteiger partial charge in [-0.05, 0) is 6.07 Å². The lowest BCUT2D eigenvalue weighted by Crippen LogP contribution is -2.23. The van der Waals surface area contributed by atoms with Crippen LogP contribution in [0.25, 0.3) is 0 Å². The smallest absolute Gasteiger partial charge is 0.253 e. The Morgan fingerprint density at radius 1 is 1.56 bits per heavy atom. The van der Waals surface area contributed by atoms with Crippen LogP contribution < -0.4 is 5.32 Å². The molecule has 0 aliphatic carbocycles. The molecule has 2 heterocycles. The molecule has 0 fully saturated rings. The molecule has 1 N–H and O–H groups in total. The molecule has 0 aromatic carbocycles. The summed E-state index contributed by atoms with van der Waals surface area (Å²) in [6.07, 6.45) is 4.10. The van der Waals surface area contributed by atoms with Crippen molar-refractivity contribution in [3.8, 4) is 0 Å². The monoisotopic (exact) mass is 238 g/mol. The number of hydrogen-bond donors (Lipinski definition) is 1. The second kappa shape index (κ2) is 4.71. The van der Waals surface area contributed by atoms with Crippen molar-refractivity contribution in [3.63, 3.8) is 0 Å². The predicted octanol–water partition coefficient (Wildman–Crippen LogP) is 1.05. The topological polar surface area (TPSA) is 80.9 Å². The molecule has 0 spiro atoms. The summed E-state index contributed by atoms with van der Waals surface area (Å²) in [5.74, 6) is 0.0933. The molecule has 16 heavy (non-hydrogen) atoms. The van der Waals surface area contributed by atoms with Gasteiger partial charge in [-0.2, -0.15) is 4.98 Å². The molecular weight excluding hydrogens is 232 g/mol. The van der Waals surface area contributed by atoms with Crippen LogP contribution in [0.1, 0.15) is 16.2 Å². The average molecular weight is 239 g/mol. The van der Waals surface area contributed by atoms with Gasteiger partial charge < -0.3 is 9.84 Å². The molecule has 0 bridgehead atoms. The van der Waals surface area contributed by atoms with E-state index in [0.29, 0.717) is 16.4 Å². The van der Waals surface area contributed by atoms with Gasteiger partial charge in [-0.25, -0.2) is 0 Å². The Morgan fingerprint density at radius 3 is 3.12 bits per heavy atom. The third-order valence-corrected chi connectivity index (χ3v) is 2.13. The fraction of sp³-hybridized carbons (Fsp3) is 0.111. The van der Waals surface area contributed by atoms with Crippen molar-refractivity contribution < 1.29 is 9.32 Å². The summed E-state index contributed by atoms with van der Waals surface area (Å²) in [7, 11) is 0. The summed E-state index contributed by atoms with van der Waals surface area (Å²) < 4.78 is 4.53. The molecule has 0 atom stereocenters. The van der Waals surface area contributed by atoms with Crippen molar-refractivity contribution in [3.05, 3.63) is 41.3 Å². The lowest BCUT2D eigenvalue weighted by atomic mass is 10.2. The standard InChI is InChI=1S/C9H7ClN4O2/c10-7-3-11-2-1-6(7)9(15)12-4-8-13-5-16-14-8/h1-3,5H,4H2,(H,12,15). The number of nitrogens with one attached hydrogen (secondary N) is 1. The van der Waals surface area contributed by atoms with Crippen molar-refractivity contribution in [2.75, 3.05) is 0 Å². The van der Waals surface area contributed by atoms with E-state index < -0.39 is 0 Å². The quantitative estimate of drug-likeness (QED) is 0.864. The minimum atomic E-state index is -0.308. The highest BCUT2D eigenvalue weighted by Crippen LogP contribution is 2.12. The molecule has 6 nitrogen and oxygen atoms in total. The molecule has 2 aromatic rings. The molecule has 2 rings (SSSR count). The number of hydrogen-bond acceptors (Lipinski definition) is 5. The molecule has 1 amide bonds. The maximum atomic E-state index is 11.7. The molecule has 0 aliphatic rings. The van der Waals surface area contributed by atoms with E-state index >= 15 is 0 Å². The van der Waals surface area contributed by atoms with E-state index in [2.05, 4.69) is 25.0 Å². The van der Waals surface area contributed by atoms with Gasteiger partial charge in [-0.1, -0.05) is 16.8 Å². The normalized spacial score (nSPS) is 10.1. The van der Waals surface area contributed by atoms with Crippen molar-refractivity contribution in [2.24, 2.45) is 0 Å². The third kappa shape index (κ3) is 2.34. The van der Waals surface area contributed by atoms with Gasteiger partial charge in [-0.3, -0.25) is 9.78 Å². The van der Waals surface area contributed by atoms with E-state index in [0.717, 1.165) is 0 Å². The second-order valence-corrected chi connectivity index (χ2v) is 3.29. The van der Waals surface area contributed by atoms with Gasteiger partial charge in [0.1, 0.15) is 0 Å². The Morgan fingerprint density at radius 2 is 2.44 bits per heavy atom. The molecule has 0 radical (unpaired) electrons. The van der Waals surface area contributed by atoms with E-state index in [1.807, 2.05) is 0 Å². The SMILES string of the molecule is O=C(NCc1ncon1)c1ccncc1Cl. The zero-order valence-electron chi connectivity index (χ0n) is 8.05. The zero-order chi connectivity index (χ0) is 11.4. The number of carbonyl (C=O) groups is 1. The third-order valence-electron chi connectivity index (χ3n) is 1.83. The molecule has 2 aromatic heterocycles. The summed E-state index contributed by atoms with van der Waals surface area (Å²) in [5.41, 5.74) is 0.361. The predicted molar refractivity (Wildman–Crippen MR) is 54.7 cm³/mol. The number of aromatic nitrogens is 3. The molecule has 82 valence electrons. The summed E-state index contributed by atoms with van der Waals surface area (Å²) in [5, 5.41) is 6.46. The van der Waals surface area contributed by atoms with Crippen LogP contribution in [-0.4, -0.2) is 21.0 Å². The first-order chi connectivity index (χ1) is 7.77. The Hall–Kier alpha value is -1.95. The van der Waals surface area contributed by atoms with E-state index in [-0.39, 0.29) is 12.5 Å². The minimum Gasteiger partial charge on any atom is -0.345 e. The highest BCUT2D eigenvalue weighted by Gasteiger charge is 2.10. The molecule has 7 heteroatoms. The number of nitrogens with zero attached hydrogens (tertiary/aromatic N) is 3. The van der Waals surface area contributed by atoms with Crippen LogP contribution in [0, 0.1) is 0 Å². The van der Waals surface area contributed by atoms with E-state index in [4.69, 9.17) is 11.6 Å².